The Bertz CT molecular complexity index is 486. The van der Waals surface area contributed by atoms with Crippen molar-refractivity contribution in [2.24, 2.45) is 0 Å². The van der Waals surface area contributed by atoms with Gasteiger partial charge in [-0.25, -0.2) is 13.9 Å². The van der Waals surface area contributed by atoms with Gasteiger partial charge in [0.1, 0.15) is 11.4 Å². The highest BCUT2D eigenvalue weighted by atomic mass is 19.1. The second-order valence-corrected chi connectivity index (χ2v) is 2.70. The molecule has 0 amide bonds. The van der Waals surface area contributed by atoms with Crippen molar-refractivity contribution in [2.75, 3.05) is 5.73 Å². The van der Waals surface area contributed by atoms with E-state index in [1.54, 1.807) is 0 Å². The molecule has 4 N–H and O–H groups in total. The molecular weight excluding hydrogens is 190 g/mol. The first kappa shape index (κ1) is 8.91. The first-order valence-electron chi connectivity index (χ1n) is 3.75. The van der Waals surface area contributed by atoms with Crippen LogP contribution in [0.3, 0.4) is 0 Å². The van der Waals surface area contributed by atoms with Crippen LogP contribution < -0.4 is 11.3 Å². The average molecular weight is 196 g/mol. The fourth-order valence-electron chi connectivity index (χ4n) is 1.20. The third-order valence-corrected chi connectivity index (χ3v) is 1.77. The zero-order valence-electron chi connectivity index (χ0n) is 6.92. The summed E-state index contributed by atoms with van der Waals surface area (Å²) in [4.78, 5) is 3.64. The summed E-state index contributed by atoms with van der Waals surface area (Å²) in [7, 11) is -1.94. The van der Waals surface area contributed by atoms with Crippen molar-refractivity contribution in [3.63, 3.8) is 0 Å². The van der Waals surface area contributed by atoms with Gasteiger partial charge < -0.3 is 15.8 Å². The van der Waals surface area contributed by atoms with Crippen molar-refractivity contribution in [2.45, 2.75) is 0 Å². The molecule has 14 heavy (non-hydrogen) atoms. The molecule has 2 rings (SSSR count). The van der Waals surface area contributed by atoms with Crippen molar-refractivity contribution < 1.29 is 14.4 Å². The Morgan fingerprint density at radius 2 is 2.21 bits per heavy atom. The van der Waals surface area contributed by atoms with E-state index < -0.39 is 12.9 Å². The monoisotopic (exact) mass is 196 g/mol. The lowest BCUT2D eigenvalue weighted by Crippen LogP contribution is -2.37. The van der Waals surface area contributed by atoms with E-state index in [2.05, 4.69) is 10.1 Å². The van der Waals surface area contributed by atoms with Crippen LogP contribution in [0.4, 0.5) is 10.3 Å². The molecule has 0 unspecified atom stereocenters. The highest BCUT2D eigenvalue weighted by Gasteiger charge is 2.23. The number of halogens is 1. The fraction of sp³-hybridized carbons (Fsp3) is 0. The van der Waals surface area contributed by atoms with Gasteiger partial charge >= 0.3 is 7.12 Å². The Labute approximate surface area is 77.9 Å². The van der Waals surface area contributed by atoms with E-state index in [9.17, 15) is 4.39 Å². The predicted octanol–water partition coefficient (Wildman–Crippen LogP) is -1.87. The molecule has 0 saturated carbocycles. The molecule has 0 spiro atoms. The number of hydrogen-bond donors (Lipinski definition) is 3. The van der Waals surface area contributed by atoms with E-state index in [1.165, 1.54) is 6.20 Å². The van der Waals surface area contributed by atoms with Gasteiger partial charge in [0.15, 0.2) is 0 Å². The van der Waals surface area contributed by atoms with Gasteiger partial charge in [-0.1, -0.05) is 0 Å². The van der Waals surface area contributed by atoms with E-state index >= 15 is 0 Å². The molecule has 0 saturated heterocycles. The minimum Gasteiger partial charge on any atom is -0.422 e. The maximum atomic E-state index is 13.1. The van der Waals surface area contributed by atoms with Gasteiger partial charge in [0.2, 0.25) is 5.95 Å². The molecule has 0 fully saturated rings. The lowest BCUT2D eigenvalue weighted by Gasteiger charge is -2.00. The SMILES string of the molecule is Nc1ncc2cc(F)c(B(O)O)n2n1. The molecule has 0 aliphatic rings. The molecule has 0 radical (unpaired) electrons. The van der Waals surface area contributed by atoms with Crippen molar-refractivity contribution in [1.29, 1.82) is 0 Å². The lowest BCUT2D eigenvalue weighted by molar-refractivity contribution is 0.420. The smallest absolute Gasteiger partial charge is 0.422 e. The Balaban J connectivity index is 2.79. The quantitative estimate of drug-likeness (QED) is 0.464. The number of nitrogen functional groups attached to an aromatic ring is 1. The summed E-state index contributed by atoms with van der Waals surface area (Å²) >= 11 is 0. The number of anilines is 1. The molecule has 8 heteroatoms. The minimum atomic E-state index is -1.94. The highest BCUT2D eigenvalue weighted by molar-refractivity contribution is 6.58. The van der Waals surface area contributed by atoms with Gasteiger partial charge in [0.05, 0.1) is 11.7 Å². The van der Waals surface area contributed by atoms with Crippen LogP contribution in [0.25, 0.3) is 5.52 Å². The third kappa shape index (κ3) is 1.21. The van der Waals surface area contributed by atoms with Gasteiger partial charge in [0, 0.05) is 6.07 Å². The van der Waals surface area contributed by atoms with Gasteiger partial charge in [-0.05, 0) is 0 Å². The molecular formula is C6H6BFN4O2. The maximum Gasteiger partial charge on any atom is 0.511 e. The zero-order valence-corrected chi connectivity index (χ0v) is 6.92. The molecule has 2 aromatic rings. The summed E-state index contributed by atoms with van der Waals surface area (Å²) in [6, 6.07) is 1.09. The zero-order chi connectivity index (χ0) is 10.3. The highest BCUT2D eigenvalue weighted by Crippen LogP contribution is 2.05. The van der Waals surface area contributed by atoms with Crippen molar-refractivity contribution in [3.8, 4) is 0 Å². The molecule has 0 aliphatic heterocycles. The maximum absolute atomic E-state index is 13.1. The molecule has 0 aliphatic carbocycles. The molecule has 2 aromatic heterocycles. The molecule has 2 heterocycles. The first-order chi connectivity index (χ1) is 6.59. The van der Waals surface area contributed by atoms with Crippen LogP contribution in [-0.4, -0.2) is 31.8 Å². The minimum absolute atomic E-state index is 0.0741. The van der Waals surface area contributed by atoms with Gasteiger partial charge in [-0.15, -0.1) is 5.10 Å². The van der Waals surface area contributed by atoms with Crippen LogP contribution in [0, 0.1) is 5.82 Å². The molecule has 0 atom stereocenters. The van der Waals surface area contributed by atoms with Crippen LogP contribution >= 0.6 is 0 Å². The van der Waals surface area contributed by atoms with Crippen LogP contribution in [0.2, 0.25) is 0 Å². The van der Waals surface area contributed by atoms with E-state index in [4.69, 9.17) is 15.8 Å². The normalized spacial score (nSPS) is 10.8. The molecule has 0 aromatic carbocycles. The van der Waals surface area contributed by atoms with Gasteiger partial charge in [-0.2, -0.15) is 0 Å². The Morgan fingerprint density at radius 1 is 1.50 bits per heavy atom. The van der Waals surface area contributed by atoms with Gasteiger partial charge in [0.25, 0.3) is 0 Å². The van der Waals surface area contributed by atoms with E-state index in [0.717, 1.165) is 10.6 Å². The summed E-state index contributed by atoms with van der Waals surface area (Å²) in [5, 5.41) is 21.4. The third-order valence-electron chi connectivity index (χ3n) is 1.77. The molecule has 6 nitrogen and oxygen atoms in total. The van der Waals surface area contributed by atoms with Crippen molar-refractivity contribution in [1.82, 2.24) is 14.6 Å². The summed E-state index contributed by atoms with van der Waals surface area (Å²) in [5.74, 6) is -0.838. The second kappa shape index (κ2) is 2.93. The lowest BCUT2D eigenvalue weighted by atomic mass is 9.86. The van der Waals surface area contributed by atoms with Crippen LogP contribution in [0.1, 0.15) is 0 Å². The van der Waals surface area contributed by atoms with Gasteiger partial charge in [-0.3, -0.25) is 0 Å². The van der Waals surface area contributed by atoms with E-state index in [-0.39, 0.29) is 11.5 Å². The number of fused-ring (bicyclic) bond motifs is 1. The number of rotatable bonds is 1. The topological polar surface area (TPSA) is 96.7 Å². The van der Waals surface area contributed by atoms with Crippen LogP contribution in [0.5, 0.6) is 0 Å². The number of nitrogens with two attached hydrogens (primary N) is 1. The second-order valence-electron chi connectivity index (χ2n) is 2.70. The van der Waals surface area contributed by atoms with Crippen LogP contribution in [0.15, 0.2) is 12.3 Å². The number of aromatic nitrogens is 3. The summed E-state index contributed by atoms with van der Waals surface area (Å²) in [6.45, 7) is 0. The average Bonchev–Trinajstić information content (AvgIpc) is 2.40. The summed E-state index contributed by atoms with van der Waals surface area (Å²) in [6.07, 6.45) is 1.29. The van der Waals surface area contributed by atoms with E-state index in [1.807, 2.05) is 0 Å². The van der Waals surface area contributed by atoms with Crippen molar-refractivity contribution in [3.05, 3.63) is 18.1 Å². The summed E-state index contributed by atoms with van der Waals surface area (Å²) < 4.78 is 14.1. The Hall–Kier alpha value is -1.67. The number of hydrogen-bond acceptors (Lipinski definition) is 5. The largest absolute Gasteiger partial charge is 0.511 e. The van der Waals surface area contributed by atoms with Crippen molar-refractivity contribution >= 4 is 24.2 Å². The Morgan fingerprint density at radius 3 is 2.86 bits per heavy atom. The Kier molecular flexibility index (Phi) is 1.86. The summed E-state index contributed by atoms with van der Waals surface area (Å²) in [5.41, 5.74) is 5.23. The van der Waals surface area contributed by atoms with E-state index in [0.29, 0.717) is 5.52 Å². The first-order valence-corrected chi connectivity index (χ1v) is 3.75. The molecule has 72 valence electrons. The van der Waals surface area contributed by atoms with Crippen LogP contribution in [-0.2, 0) is 0 Å². The standard InChI is InChI=1S/C6H6BFN4O2/c8-4-1-3-2-10-6(9)11-12(3)5(4)7(13)14/h1-2,13-14H,(H2,9,11). The fourth-order valence-corrected chi connectivity index (χ4v) is 1.20. The predicted molar refractivity (Wildman–Crippen MR) is 47.2 cm³/mol. The number of nitrogens with zero attached hydrogens (tertiary/aromatic N) is 3. The molecule has 0 bridgehead atoms.